The minimum atomic E-state index is -1.23. The molecular weight excluding hydrogens is 356 g/mol. The summed E-state index contributed by atoms with van der Waals surface area (Å²) in [5.41, 5.74) is 2.13. The van der Waals surface area contributed by atoms with Crippen LogP contribution in [0.4, 0.5) is 0 Å². The van der Waals surface area contributed by atoms with Crippen LogP contribution in [0.25, 0.3) is 5.69 Å². The minimum absolute atomic E-state index is 0.234. The number of nitrogens with zero attached hydrogens (tertiary/aromatic N) is 4. The van der Waals surface area contributed by atoms with Gasteiger partial charge in [-0.25, -0.2) is 0 Å². The van der Waals surface area contributed by atoms with Gasteiger partial charge in [0.2, 0.25) is 0 Å². The minimum Gasteiger partial charge on any atom is -0.393 e. The quantitative estimate of drug-likeness (QED) is 0.511. The lowest BCUT2D eigenvalue weighted by Crippen LogP contribution is -2.26. The van der Waals surface area contributed by atoms with Crippen LogP contribution in [-0.4, -0.2) is 25.5 Å². The molecule has 2 unspecified atom stereocenters. The summed E-state index contributed by atoms with van der Waals surface area (Å²) in [5.74, 6) is -0.349. The maximum absolute atomic E-state index is 13.3. The number of hydrogen-bond acceptors (Lipinski definition) is 5. The number of fused-ring (bicyclic) bond motifs is 3. The number of benzene rings is 2. The van der Waals surface area contributed by atoms with Crippen molar-refractivity contribution >= 4 is 17.6 Å². The van der Waals surface area contributed by atoms with Crippen LogP contribution >= 0.6 is 11.6 Å². The lowest BCUT2D eigenvalue weighted by Gasteiger charge is -2.13. The zero-order valence-electron chi connectivity index (χ0n) is 13.7. The zero-order valence-corrected chi connectivity index (χ0v) is 14.5. The monoisotopic (exact) mass is 369 g/mol. The van der Waals surface area contributed by atoms with Crippen molar-refractivity contribution in [1.29, 1.82) is 0 Å². The number of halogens is 1. The van der Waals surface area contributed by atoms with E-state index in [2.05, 4.69) is 10.2 Å². The molecule has 1 aromatic heterocycles. The van der Waals surface area contributed by atoms with Crippen LogP contribution < -0.4 is 0 Å². The largest absolute Gasteiger partial charge is 0.408 e. The molecule has 1 aliphatic rings. The summed E-state index contributed by atoms with van der Waals surface area (Å²) >= 11 is 6.21. The summed E-state index contributed by atoms with van der Waals surface area (Å²) in [6.07, 6.45) is 0.256. The lowest BCUT2D eigenvalue weighted by molar-refractivity contribution is -0.661. The van der Waals surface area contributed by atoms with Gasteiger partial charge in [0, 0.05) is 22.4 Å². The van der Waals surface area contributed by atoms with Gasteiger partial charge in [-0.2, -0.15) is 0 Å². The Morgan fingerprint density at radius 2 is 2.00 bits per heavy atom. The van der Waals surface area contributed by atoms with Crippen molar-refractivity contribution in [2.75, 3.05) is 0 Å². The number of carbonyl (C=O) groups excluding carboxylic acids is 1. The van der Waals surface area contributed by atoms with E-state index in [1.807, 2.05) is 30.3 Å². The first-order chi connectivity index (χ1) is 12.6. The second-order valence-corrected chi connectivity index (χ2v) is 6.33. The van der Waals surface area contributed by atoms with Gasteiger partial charge in [0.15, 0.2) is 0 Å². The highest BCUT2D eigenvalue weighted by molar-refractivity contribution is 6.30. The molecule has 7 nitrogen and oxygen atoms in total. The van der Waals surface area contributed by atoms with Crippen LogP contribution in [0.3, 0.4) is 0 Å². The third kappa shape index (κ3) is 2.66. The number of carbonyl (C=O) groups is 1. The molecule has 26 heavy (non-hydrogen) atoms. The molecule has 0 N–H and O–H groups in total. The molecule has 0 aliphatic carbocycles. The van der Waals surface area contributed by atoms with Gasteiger partial charge in [-0.1, -0.05) is 41.9 Å². The van der Waals surface area contributed by atoms with Crippen LogP contribution in [0.5, 0.6) is 0 Å². The van der Waals surface area contributed by atoms with Crippen LogP contribution in [0.2, 0.25) is 5.02 Å². The molecule has 3 aromatic rings. The molecule has 2 aromatic carbocycles. The molecule has 0 bridgehead atoms. The second-order valence-electron chi connectivity index (χ2n) is 5.90. The number of esters is 1. The summed E-state index contributed by atoms with van der Waals surface area (Å²) in [6, 6.07) is 13.8. The topological polar surface area (TPSA) is 77.1 Å². The Balaban J connectivity index is 2.00. The fourth-order valence-corrected chi connectivity index (χ4v) is 3.35. The average Bonchev–Trinajstić information content (AvgIpc) is 3.07. The van der Waals surface area contributed by atoms with Gasteiger partial charge < -0.3 is 4.74 Å². The molecule has 0 fully saturated rings. The van der Waals surface area contributed by atoms with Gasteiger partial charge in [-0.3, -0.25) is 9.36 Å². The first-order valence-electron chi connectivity index (χ1n) is 7.93. The Morgan fingerprint density at radius 3 is 2.73 bits per heavy atom. The van der Waals surface area contributed by atoms with E-state index in [4.69, 9.17) is 16.3 Å². The van der Waals surface area contributed by atoms with E-state index in [9.17, 15) is 9.70 Å². The normalized spacial score (nSPS) is 18.6. The second kappa shape index (κ2) is 6.34. The molecule has 0 saturated heterocycles. The molecule has 8 heteroatoms. The Morgan fingerprint density at radius 1 is 1.23 bits per heavy atom. The van der Waals surface area contributed by atoms with E-state index in [1.54, 1.807) is 22.8 Å². The Bertz CT molecular complexity index is 1000. The van der Waals surface area contributed by atoms with Gasteiger partial charge in [-0.15, -0.1) is 10.2 Å². The molecular formula is C18H14ClN4O3+. The number of aromatic nitrogens is 3. The molecule has 130 valence electrons. The van der Waals surface area contributed by atoms with Crippen LogP contribution in [0.15, 0.2) is 54.9 Å². The predicted octanol–water partition coefficient (Wildman–Crippen LogP) is 3.36. The summed E-state index contributed by atoms with van der Waals surface area (Å²) in [4.78, 5) is 24.9. The maximum Gasteiger partial charge on any atom is 0.408 e. The van der Waals surface area contributed by atoms with E-state index in [0.29, 0.717) is 16.3 Å². The van der Waals surface area contributed by atoms with E-state index in [1.165, 1.54) is 13.3 Å². The number of nitroso groups, excluding NO2 is 1. The molecule has 4 rings (SSSR count). The fraction of sp³-hybridized carbons (Fsp3) is 0.167. The smallest absolute Gasteiger partial charge is 0.393 e. The highest BCUT2D eigenvalue weighted by Crippen LogP contribution is 2.39. The summed E-state index contributed by atoms with van der Waals surface area (Å²) < 4.78 is 7.67. The average molecular weight is 370 g/mol. The van der Waals surface area contributed by atoms with Gasteiger partial charge in [0.1, 0.15) is 6.33 Å². The van der Waals surface area contributed by atoms with Crippen LogP contribution in [0.1, 0.15) is 36.1 Å². The maximum atomic E-state index is 13.3. The molecule has 0 amide bonds. The fourth-order valence-electron chi connectivity index (χ4n) is 3.17. The molecule has 2 atom stereocenters. The first-order valence-corrected chi connectivity index (χ1v) is 8.31. The Kier molecular flexibility index (Phi) is 4.00. The number of rotatable bonds is 2. The van der Waals surface area contributed by atoms with E-state index < -0.39 is 18.2 Å². The molecule has 0 saturated carbocycles. The van der Waals surface area contributed by atoms with Crippen molar-refractivity contribution in [3.8, 4) is 5.69 Å². The Labute approximate surface area is 153 Å². The lowest BCUT2D eigenvalue weighted by atomic mass is 9.97. The summed E-state index contributed by atoms with van der Waals surface area (Å²) in [7, 11) is 0. The van der Waals surface area contributed by atoms with Crippen molar-refractivity contribution in [3.05, 3.63) is 81.7 Å². The molecule has 2 heterocycles. The summed E-state index contributed by atoms with van der Waals surface area (Å²) in [6.45, 7) is 1.25. The SMILES string of the molecule is CC(=O)OC1c2nncn2-c2ccc(Cl)cc2C(c2ccccc2)[N+]1=O. The highest BCUT2D eigenvalue weighted by atomic mass is 35.5. The van der Waals surface area contributed by atoms with Crippen molar-refractivity contribution in [2.45, 2.75) is 19.2 Å². The number of ether oxygens (including phenoxy) is 1. The van der Waals surface area contributed by atoms with Crippen molar-refractivity contribution in [3.63, 3.8) is 0 Å². The molecule has 1 aliphatic heterocycles. The Hall–Kier alpha value is -3.06. The highest BCUT2D eigenvalue weighted by Gasteiger charge is 2.47. The van der Waals surface area contributed by atoms with E-state index in [-0.39, 0.29) is 5.82 Å². The zero-order chi connectivity index (χ0) is 18.3. The third-order valence-corrected chi connectivity index (χ3v) is 4.45. The van der Waals surface area contributed by atoms with Gasteiger partial charge in [0.25, 0.3) is 11.9 Å². The van der Waals surface area contributed by atoms with Gasteiger partial charge in [-0.05, 0) is 18.2 Å². The summed E-state index contributed by atoms with van der Waals surface area (Å²) in [5, 5.41) is 8.39. The standard InChI is InChI=1S/C18H14ClN4O3/c1-11(24)26-18-17-21-20-10-22(17)15-8-7-13(19)9-14(15)16(23(18)25)12-5-3-2-4-6-12/h2-10,16,18H,1H3/q+1. The third-order valence-electron chi connectivity index (χ3n) is 4.22. The van der Waals surface area contributed by atoms with E-state index in [0.717, 1.165) is 10.3 Å². The van der Waals surface area contributed by atoms with E-state index >= 15 is 0 Å². The van der Waals surface area contributed by atoms with Crippen LogP contribution in [-0.2, 0) is 9.53 Å². The first kappa shape index (κ1) is 16.4. The number of hydrogen-bond donors (Lipinski definition) is 0. The molecule has 0 radical (unpaired) electrons. The van der Waals surface area contributed by atoms with Crippen LogP contribution in [0, 0.1) is 4.91 Å². The van der Waals surface area contributed by atoms with Crippen molar-refractivity contribution in [1.82, 2.24) is 14.8 Å². The van der Waals surface area contributed by atoms with Crippen molar-refractivity contribution in [2.24, 2.45) is 0 Å². The van der Waals surface area contributed by atoms with Crippen molar-refractivity contribution < 1.29 is 14.3 Å². The van der Waals surface area contributed by atoms with Gasteiger partial charge >= 0.3 is 12.2 Å². The van der Waals surface area contributed by atoms with Gasteiger partial charge in [0.05, 0.1) is 16.0 Å². The molecule has 0 spiro atoms. The predicted molar refractivity (Wildman–Crippen MR) is 92.8 cm³/mol.